The number of methoxy groups -OCH3 is 1. The van der Waals surface area contributed by atoms with Crippen molar-refractivity contribution in [2.24, 2.45) is 7.05 Å². The van der Waals surface area contributed by atoms with Gasteiger partial charge in [0.1, 0.15) is 17.0 Å². The number of para-hydroxylation sites is 1. The molecular weight excluding hydrogens is 474 g/mol. The summed E-state index contributed by atoms with van der Waals surface area (Å²) in [5.41, 5.74) is 0.737. The van der Waals surface area contributed by atoms with Gasteiger partial charge in [-0.05, 0) is 30.3 Å². The van der Waals surface area contributed by atoms with E-state index in [2.05, 4.69) is 9.71 Å². The van der Waals surface area contributed by atoms with Crippen molar-refractivity contribution >= 4 is 38.9 Å². The van der Waals surface area contributed by atoms with Gasteiger partial charge in [-0.15, -0.1) is 0 Å². The Bertz CT molecular complexity index is 1620. The Balaban J connectivity index is 2.08. The normalized spacial score (nSPS) is 11.3. The Hall–Kier alpha value is -4.38. The molecule has 0 unspecified atom stereocenters. The standard InChI is InChI=1S/C24H21N3O7S/c1-27-12-19(17-9-14(13-28)25-22(17)23(27)29)16-10-20(26-35(3,31)32)18(24(30)33-2)11-21(16)34-15-7-5-4-6-8-15/h4-13,25-26H,1-3H3. The van der Waals surface area contributed by atoms with Crippen molar-refractivity contribution in [1.82, 2.24) is 9.55 Å². The Kier molecular flexibility index (Phi) is 6.18. The first kappa shape index (κ1) is 23.8. The number of anilines is 1. The van der Waals surface area contributed by atoms with Gasteiger partial charge in [0.15, 0.2) is 6.29 Å². The number of sulfonamides is 1. The summed E-state index contributed by atoms with van der Waals surface area (Å²) in [6.07, 6.45) is 3.08. The van der Waals surface area contributed by atoms with Gasteiger partial charge in [0.25, 0.3) is 5.56 Å². The molecular formula is C24H21N3O7S. The molecule has 2 aromatic heterocycles. The maximum absolute atomic E-state index is 12.7. The first-order chi connectivity index (χ1) is 16.6. The molecule has 0 saturated heterocycles. The number of ether oxygens (including phenoxy) is 2. The number of benzene rings is 2. The number of pyridine rings is 1. The van der Waals surface area contributed by atoms with E-state index in [4.69, 9.17) is 9.47 Å². The number of fused-ring (bicyclic) bond motifs is 1. The zero-order valence-electron chi connectivity index (χ0n) is 19.0. The predicted octanol–water partition coefficient (Wildman–Crippen LogP) is 3.30. The minimum Gasteiger partial charge on any atom is -0.465 e. The van der Waals surface area contributed by atoms with E-state index in [-0.39, 0.29) is 33.8 Å². The number of nitrogens with zero attached hydrogens (tertiary/aromatic N) is 1. The lowest BCUT2D eigenvalue weighted by atomic mass is 9.99. The summed E-state index contributed by atoms with van der Waals surface area (Å²) in [7, 11) is -1.06. The van der Waals surface area contributed by atoms with Crippen LogP contribution in [-0.2, 0) is 21.8 Å². The fourth-order valence-electron chi connectivity index (χ4n) is 3.69. The highest BCUT2D eigenvalue weighted by molar-refractivity contribution is 7.92. The molecule has 180 valence electrons. The second-order valence-corrected chi connectivity index (χ2v) is 9.51. The summed E-state index contributed by atoms with van der Waals surface area (Å²) in [4.78, 5) is 39.4. The number of aryl methyl sites for hydroxylation is 1. The smallest absolute Gasteiger partial charge is 0.340 e. The predicted molar refractivity (Wildman–Crippen MR) is 131 cm³/mol. The lowest BCUT2D eigenvalue weighted by Gasteiger charge is -2.18. The number of carbonyl (C=O) groups is 2. The van der Waals surface area contributed by atoms with Crippen LogP contribution in [-0.4, -0.2) is 43.6 Å². The molecule has 0 fully saturated rings. The Morgan fingerprint density at radius 3 is 2.46 bits per heavy atom. The van der Waals surface area contributed by atoms with Gasteiger partial charge in [-0.2, -0.15) is 0 Å². The molecule has 0 aliphatic heterocycles. The number of hydrogen-bond acceptors (Lipinski definition) is 7. The monoisotopic (exact) mass is 495 g/mol. The number of aromatic amines is 1. The molecule has 2 N–H and O–H groups in total. The van der Waals surface area contributed by atoms with E-state index in [1.165, 1.54) is 29.9 Å². The highest BCUT2D eigenvalue weighted by Gasteiger charge is 2.23. The van der Waals surface area contributed by atoms with Gasteiger partial charge in [0, 0.05) is 29.8 Å². The SMILES string of the molecule is COC(=O)c1cc(Oc2ccccc2)c(-c2cn(C)c(=O)c3[nH]c(C=O)cc23)cc1NS(C)(=O)=O. The molecule has 0 spiro atoms. The molecule has 0 saturated carbocycles. The third kappa shape index (κ3) is 4.80. The highest BCUT2D eigenvalue weighted by atomic mass is 32.2. The average Bonchev–Trinajstić information content (AvgIpc) is 3.26. The van der Waals surface area contributed by atoms with Crippen molar-refractivity contribution in [2.45, 2.75) is 0 Å². The topological polar surface area (TPSA) is 137 Å². The van der Waals surface area contributed by atoms with Crippen molar-refractivity contribution in [3.05, 3.63) is 76.3 Å². The Labute approximate surface area is 200 Å². The largest absolute Gasteiger partial charge is 0.465 e. The van der Waals surface area contributed by atoms with Crippen molar-refractivity contribution in [2.75, 3.05) is 18.1 Å². The van der Waals surface area contributed by atoms with Gasteiger partial charge in [0.05, 0.1) is 30.3 Å². The van der Waals surface area contributed by atoms with Crippen LogP contribution in [0.1, 0.15) is 20.8 Å². The molecule has 0 aliphatic rings. The van der Waals surface area contributed by atoms with Gasteiger partial charge >= 0.3 is 5.97 Å². The van der Waals surface area contributed by atoms with E-state index in [0.717, 1.165) is 6.26 Å². The second-order valence-electron chi connectivity index (χ2n) is 7.76. The van der Waals surface area contributed by atoms with Crippen molar-refractivity contribution < 1.29 is 27.5 Å². The van der Waals surface area contributed by atoms with Gasteiger partial charge < -0.3 is 19.0 Å². The Morgan fingerprint density at radius 2 is 1.83 bits per heavy atom. The lowest BCUT2D eigenvalue weighted by molar-refractivity contribution is 0.0601. The summed E-state index contributed by atoms with van der Waals surface area (Å²) in [6, 6.07) is 13.1. The van der Waals surface area contributed by atoms with E-state index in [0.29, 0.717) is 28.5 Å². The highest BCUT2D eigenvalue weighted by Crippen LogP contribution is 2.40. The van der Waals surface area contributed by atoms with E-state index < -0.39 is 16.0 Å². The van der Waals surface area contributed by atoms with Crippen LogP contribution in [0.25, 0.3) is 22.0 Å². The third-order valence-corrected chi connectivity index (χ3v) is 5.78. The molecule has 35 heavy (non-hydrogen) atoms. The molecule has 0 amide bonds. The van der Waals surface area contributed by atoms with E-state index in [9.17, 15) is 22.8 Å². The van der Waals surface area contributed by atoms with Gasteiger partial charge in [-0.3, -0.25) is 14.3 Å². The van der Waals surface area contributed by atoms with Crippen LogP contribution in [0.5, 0.6) is 11.5 Å². The summed E-state index contributed by atoms with van der Waals surface area (Å²) in [5, 5.41) is 0.421. The van der Waals surface area contributed by atoms with Crippen LogP contribution >= 0.6 is 0 Å². The molecule has 0 atom stereocenters. The molecule has 10 nitrogen and oxygen atoms in total. The molecule has 0 aliphatic carbocycles. The first-order valence-electron chi connectivity index (χ1n) is 10.3. The average molecular weight is 496 g/mol. The first-order valence-corrected chi connectivity index (χ1v) is 12.2. The van der Waals surface area contributed by atoms with E-state index in [1.807, 2.05) is 6.07 Å². The van der Waals surface area contributed by atoms with Gasteiger partial charge in [0.2, 0.25) is 10.0 Å². The lowest BCUT2D eigenvalue weighted by Crippen LogP contribution is -2.17. The van der Waals surface area contributed by atoms with E-state index in [1.54, 1.807) is 37.5 Å². The zero-order chi connectivity index (χ0) is 25.3. The number of aldehydes is 1. The third-order valence-electron chi connectivity index (χ3n) is 5.19. The molecule has 0 radical (unpaired) electrons. The van der Waals surface area contributed by atoms with Crippen LogP contribution in [0.2, 0.25) is 0 Å². The number of esters is 1. The number of carbonyl (C=O) groups excluding carboxylic acids is 2. The van der Waals surface area contributed by atoms with Crippen LogP contribution in [0.4, 0.5) is 5.69 Å². The van der Waals surface area contributed by atoms with Crippen LogP contribution in [0.3, 0.4) is 0 Å². The van der Waals surface area contributed by atoms with E-state index >= 15 is 0 Å². The number of aromatic nitrogens is 2. The Morgan fingerprint density at radius 1 is 1.11 bits per heavy atom. The van der Waals surface area contributed by atoms with Crippen molar-refractivity contribution in [3.63, 3.8) is 0 Å². The number of hydrogen-bond donors (Lipinski definition) is 2. The minimum absolute atomic E-state index is 0.0390. The van der Waals surface area contributed by atoms with Gasteiger partial charge in [-0.25, -0.2) is 13.2 Å². The van der Waals surface area contributed by atoms with Crippen LogP contribution in [0, 0.1) is 0 Å². The van der Waals surface area contributed by atoms with Crippen molar-refractivity contribution in [3.8, 4) is 22.6 Å². The summed E-state index contributed by atoms with van der Waals surface area (Å²) in [6.45, 7) is 0. The zero-order valence-corrected chi connectivity index (χ0v) is 19.8. The van der Waals surface area contributed by atoms with Crippen molar-refractivity contribution in [1.29, 1.82) is 0 Å². The number of nitrogens with one attached hydrogen (secondary N) is 2. The number of rotatable bonds is 7. The quantitative estimate of drug-likeness (QED) is 0.296. The van der Waals surface area contributed by atoms with Crippen LogP contribution in [0.15, 0.2) is 59.5 Å². The molecule has 0 bridgehead atoms. The molecule has 4 aromatic rings. The molecule has 11 heteroatoms. The van der Waals surface area contributed by atoms with Crippen LogP contribution < -0.4 is 15.0 Å². The van der Waals surface area contributed by atoms with Gasteiger partial charge in [-0.1, -0.05) is 18.2 Å². The molecule has 2 heterocycles. The maximum atomic E-state index is 12.7. The molecule has 2 aromatic carbocycles. The number of H-pyrrole nitrogens is 1. The fraction of sp³-hybridized carbons (Fsp3) is 0.125. The minimum atomic E-state index is -3.78. The summed E-state index contributed by atoms with van der Waals surface area (Å²) in [5.74, 6) is -0.127. The fourth-order valence-corrected chi connectivity index (χ4v) is 4.25. The maximum Gasteiger partial charge on any atom is 0.340 e. The summed E-state index contributed by atoms with van der Waals surface area (Å²) >= 11 is 0. The second kappa shape index (κ2) is 9.11. The summed E-state index contributed by atoms with van der Waals surface area (Å²) < 4.78 is 38.7. The molecule has 4 rings (SSSR count).